The summed E-state index contributed by atoms with van der Waals surface area (Å²) < 4.78 is 1.84. The van der Waals surface area contributed by atoms with Crippen LogP contribution in [-0.4, -0.2) is 21.5 Å². The zero-order valence-electron chi connectivity index (χ0n) is 18.1. The van der Waals surface area contributed by atoms with Crippen LogP contribution in [0.4, 0.5) is 0 Å². The molecule has 0 fully saturated rings. The third kappa shape index (κ3) is 5.35. The largest absolute Gasteiger partial charge is 0.348 e. The smallest absolute Gasteiger partial charge is 0.270 e. The molecule has 0 saturated heterocycles. The first-order valence-electron chi connectivity index (χ1n) is 10.4. The number of amides is 1. The van der Waals surface area contributed by atoms with Gasteiger partial charge < -0.3 is 5.32 Å². The molecule has 1 unspecified atom stereocenters. The van der Waals surface area contributed by atoms with Gasteiger partial charge in [0.1, 0.15) is 5.69 Å². The molecule has 1 aromatic heterocycles. The standard InChI is InChI=1S/C25H31N3O/c1-17(2)6-7-20(5)27-25(29)24-15-26-16-28(24)23-10-8-21(9-11-23)22-13-18(3)12-19(4)14-22/h8-17,20H,6-7H2,1-5H3,(H,27,29). The fraction of sp³-hybridized carbons (Fsp3) is 0.360. The van der Waals surface area contributed by atoms with Crippen LogP contribution < -0.4 is 5.32 Å². The number of carbonyl (C=O) groups excluding carboxylic acids is 1. The molecule has 4 heteroatoms. The highest BCUT2D eigenvalue weighted by Crippen LogP contribution is 2.24. The molecule has 2 aromatic carbocycles. The summed E-state index contributed by atoms with van der Waals surface area (Å²) in [6.07, 6.45) is 5.39. The third-order valence-corrected chi connectivity index (χ3v) is 5.13. The van der Waals surface area contributed by atoms with Crippen molar-refractivity contribution in [2.75, 3.05) is 0 Å². The van der Waals surface area contributed by atoms with E-state index in [2.05, 4.69) is 75.3 Å². The van der Waals surface area contributed by atoms with Gasteiger partial charge in [-0.1, -0.05) is 55.3 Å². The Morgan fingerprint density at radius 3 is 2.24 bits per heavy atom. The lowest BCUT2D eigenvalue weighted by Crippen LogP contribution is -2.33. The Hall–Kier alpha value is -2.88. The van der Waals surface area contributed by atoms with Crippen molar-refractivity contribution in [3.05, 3.63) is 71.8 Å². The van der Waals surface area contributed by atoms with E-state index in [0.29, 0.717) is 11.6 Å². The molecule has 1 N–H and O–H groups in total. The van der Waals surface area contributed by atoms with Gasteiger partial charge in [-0.05, 0) is 62.8 Å². The Kier molecular flexibility index (Phi) is 6.53. The summed E-state index contributed by atoms with van der Waals surface area (Å²) in [4.78, 5) is 17.0. The summed E-state index contributed by atoms with van der Waals surface area (Å²) in [6.45, 7) is 10.7. The maximum absolute atomic E-state index is 12.7. The van der Waals surface area contributed by atoms with Crippen molar-refractivity contribution >= 4 is 5.91 Å². The van der Waals surface area contributed by atoms with Crippen LogP contribution in [-0.2, 0) is 0 Å². The van der Waals surface area contributed by atoms with Crippen molar-refractivity contribution in [2.45, 2.75) is 53.5 Å². The SMILES string of the molecule is Cc1cc(C)cc(-c2ccc(-n3cncc3C(=O)NC(C)CCC(C)C)cc2)c1. The molecule has 3 aromatic rings. The average Bonchev–Trinajstić information content (AvgIpc) is 3.16. The van der Waals surface area contributed by atoms with E-state index in [1.807, 2.05) is 16.7 Å². The van der Waals surface area contributed by atoms with Crippen molar-refractivity contribution in [1.29, 1.82) is 0 Å². The monoisotopic (exact) mass is 389 g/mol. The van der Waals surface area contributed by atoms with E-state index in [-0.39, 0.29) is 11.9 Å². The number of hydrogen-bond acceptors (Lipinski definition) is 2. The van der Waals surface area contributed by atoms with E-state index in [1.54, 1.807) is 12.5 Å². The second-order valence-corrected chi connectivity index (χ2v) is 8.42. The molecule has 0 spiro atoms. The third-order valence-electron chi connectivity index (χ3n) is 5.13. The Labute approximate surface area is 174 Å². The Morgan fingerprint density at radius 1 is 0.966 bits per heavy atom. The van der Waals surface area contributed by atoms with Crippen molar-refractivity contribution in [1.82, 2.24) is 14.9 Å². The molecule has 0 saturated carbocycles. The first-order valence-corrected chi connectivity index (χ1v) is 10.4. The minimum atomic E-state index is -0.0860. The maximum Gasteiger partial charge on any atom is 0.270 e. The van der Waals surface area contributed by atoms with Crippen LogP contribution in [0.25, 0.3) is 16.8 Å². The van der Waals surface area contributed by atoms with Crippen LogP contribution in [0.15, 0.2) is 55.0 Å². The van der Waals surface area contributed by atoms with Crippen molar-refractivity contribution in [2.24, 2.45) is 5.92 Å². The number of aromatic nitrogens is 2. The lowest BCUT2D eigenvalue weighted by molar-refractivity contribution is 0.0930. The predicted octanol–water partition coefficient (Wildman–Crippen LogP) is 5.71. The first-order chi connectivity index (χ1) is 13.8. The van der Waals surface area contributed by atoms with Gasteiger partial charge in [-0.2, -0.15) is 0 Å². The lowest BCUT2D eigenvalue weighted by Gasteiger charge is -2.16. The van der Waals surface area contributed by atoms with Crippen molar-refractivity contribution < 1.29 is 4.79 Å². The molecule has 1 heterocycles. The van der Waals surface area contributed by atoms with E-state index in [4.69, 9.17) is 0 Å². The van der Waals surface area contributed by atoms with E-state index in [9.17, 15) is 4.79 Å². The van der Waals surface area contributed by atoms with Gasteiger partial charge in [0.15, 0.2) is 0 Å². The molecule has 0 bridgehead atoms. The molecule has 4 nitrogen and oxygen atoms in total. The van der Waals surface area contributed by atoms with E-state index in [0.717, 1.165) is 24.1 Å². The minimum absolute atomic E-state index is 0.0860. The summed E-state index contributed by atoms with van der Waals surface area (Å²) in [5.41, 5.74) is 6.36. The van der Waals surface area contributed by atoms with E-state index in [1.165, 1.54) is 16.7 Å². The Morgan fingerprint density at radius 2 is 1.62 bits per heavy atom. The summed E-state index contributed by atoms with van der Waals surface area (Å²) >= 11 is 0. The second-order valence-electron chi connectivity index (χ2n) is 8.42. The number of hydrogen-bond donors (Lipinski definition) is 1. The molecule has 0 aliphatic carbocycles. The molecule has 0 aliphatic rings. The van der Waals surface area contributed by atoms with Gasteiger partial charge in [0.2, 0.25) is 0 Å². The molecule has 3 rings (SSSR count). The molecule has 29 heavy (non-hydrogen) atoms. The number of nitrogens with one attached hydrogen (secondary N) is 1. The van der Waals surface area contributed by atoms with Gasteiger partial charge in [0.25, 0.3) is 5.91 Å². The number of carbonyl (C=O) groups is 1. The zero-order chi connectivity index (χ0) is 21.0. The van der Waals surface area contributed by atoms with Crippen molar-refractivity contribution in [3.8, 4) is 16.8 Å². The second kappa shape index (κ2) is 9.08. The molecule has 1 amide bonds. The fourth-order valence-electron chi connectivity index (χ4n) is 3.58. The van der Waals surface area contributed by atoms with Crippen LogP contribution in [0, 0.1) is 19.8 Å². The molecule has 1 atom stereocenters. The van der Waals surface area contributed by atoms with Gasteiger partial charge in [0.05, 0.1) is 12.5 Å². The number of benzene rings is 2. The highest BCUT2D eigenvalue weighted by molar-refractivity contribution is 5.93. The number of rotatable bonds is 7. The molecule has 0 aliphatic heterocycles. The zero-order valence-corrected chi connectivity index (χ0v) is 18.1. The molecule has 0 radical (unpaired) electrons. The Balaban J connectivity index is 1.77. The van der Waals surface area contributed by atoms with Gasteiger partial charge in [-0.25, -0.2) is 4.98 Å². The van der Waals surface area contributed by atoms with Crippen molar-refractivity contribution in [3.63, 3.8) is 0 Å². The van der Waals surface area contributed by atoms with Gasteiger partial charge in [0, 0.05) is 11.7 Å². The number of nitrogens with zero attached hydrogens (tertiary/aromatic N) is 2. The number of imidazole rings is 1. The average molecular weight is 390 g/mol. The summed E-state index contributed by atoms with van der Waals surface area (Å²) in [7, 11) is 0. The number of aryl methyl sites for hydroxylation is 2. The van der Waals surface area contributed by atoms with Crippen LogP contribution in [0.5, 0.6) is 0 Å². The first kappa shape index (κ1) is 20.8. The van der Waals surface area contributed by atoms with Crippen LogP contribution >= 0.6 is 0 Å². The topological polar surface area (TPSA) is 46.9 Å². The highest BCUT2D eigenvalue weighted by Gasteiger charge is 2.15. The quantitative estimate of drug-likeness (QED) is 0.562. The summed E-state index contributed by atoms with van der Waals surface area (Å²) in [5, 5.41) is 3.10. The maximum atomic E-state index is 12.7. The summed E-state index contributed by atoms with van der Waals surface area (Å²) in [6, 6.07) is 15.0. The molecular weight excluding hydrogens is 358 g/mol. The molecule has 152 valence electrons. The lowest BCUT2D eigenvalue weighted by atomic mass is 10.0. The van der Waals surface area contributed by atoms with Crippen LogP contribution in [0.3, 0.4) is 0 Å². The predicted molar refractivity (Wildman–Crippen MR) is 119 cm³/mol. The molecular formula is C25H31N3O. The van der Waals surface area contributed by atoms with Gasteiger partial charge >= 0.3 is 0 Å². The van der Waals surface area contributed by atoms with E-state index < -0.39 is 0 Å². The van der Waals surface area contributed by atoms with Crippen LogP contribution in [0.1, 0.15) is 55.2 Å². The minimum Gasteiger partial charge on any atom is -0.348 e. The highest BCUT2D eigenvalue weighted by atomic mass is 16.2. The fourth-order valence-corrected chi connectivity index (χ4v) is 3.58. The van der Waals surface area contributed by atoms with Gasteiger partial charge in [-0.15, -0.1) is 0 Å². The Bertz CT molecular complexity index is 950. The van der Waals surface area contributed by atoms with E-state index >= 15 is 0 Å². The normalized spacial score (nSPS) is 12.2. The van der Waals surface area contributed by atoms with Crippen LogP contribution in [0.2, 0.25) is 0 Å². The summed E-state index contributed by atoms with van der Waals surface area (Å²) in [5.74, 6) is 0.549. The van der Waals surface area contributed by atoms with Gasteiger partial charge in [-0.3, -0.25) is 9.36 Å².